The summed E-state index contributed by atoms with van der Waals surface area (Å²) in [7, 11) is 0. The molecule has 5 rings (SSSR count). The Balaban J connectivity index is 1.36. The molecule has 0 atom stereocenters. The Kier molecular flexibility index (Phi) is 3.72. The van der Waals surface area contributed by atoms with Gasteiger partial charge in [-0.15, -0.1) is 21.5 Å². The average Bonchev–Trinajstić information content (AvgIpc) is 3.36. The fourth-order valence-electron chi connectivity index (χ4n) is 2.80. The van der Waals surface area contributed by atoms with Crippen molar-refractivity contribution in [2.45, 2.75) is 0 Å². The lowest BCUT2D eigenvalue weighted by molar-refractivity contribution is 0.102. The van der Waals surface area contributed by atoms with E-state index < -0.39 is 0 Å². The third-order valence-corrected chi connectivity index (χ3v) is 4.87. The minimum atomic E-state index is -0.242. The predicted molar refractivity (Wildman–Crippen MR) is 99.5 cm³/mol. The number of fused-ring (bicyclic) bond motifs is 2. The van der Waals surface area contributed by atoms with Gasteiger partial charge in [0, 0.05) is 17.1 Å². The van der Waals surface area contributed by atoms with E-state index in [1.165, 1.54) is 11.3 Å². The molecule has 1 aliphatic rings. The molecule has 0 bridgehead atoms. The first-order chi connectivity index (χ1) is 13.3. The molecule has 3 aromatic heterocycles. The van der Waals surface area contributed by atoms with Crippen molar-refractivity contribution in [2.24, 2.45) is 0 Å². The van der Waals surface area contributed by atoms with Crippen molar-refractivity contribution in [1.82, 2.24) is 19.6 Å². The van der Waals surface area contributed by atoms with Gasteiger partial charge in [-0.05, 0) is 30.3 Å². The zero-order valence-electron chi connectivity index (χ0n) is 14.0. The second-order valence-corrected chi connectivity index (χ2v) is 6.72. The van der Waals surface area contributed by atoms with Gasteiger partial charge in [-0.3, -0.25) is 14.5 Å². The van der Waals surface area contributed by atoms with Crippen LogP contribution in [-0.4, -0.2) is 38.7 Å². The van der Waals surface area contributed by atoms with Crippen LogP contribution in [0.5, 0.6) is 11.5 Å². The van der Waals surface area contributed by atoms with Crippen molar-refractivity contribution < 1.29 is 14.3 Å². The van der Waals surface area contributed by atoms with Crippen molar-refractivity contribution in [3.05, 3.63) is 53.8 Å². The fourth-order valence-corrected chi connectivity index (χ4v) is 3.51. The van der Waals surface area contributed by atoms with Crippen molar-refractivity contribution in [1.29, 1.82) is 0 Å². The third kappa shape index (κ3) is 2.97. The molecule has 1 aromatic carbocycles. The van der Waals surface area contributed by atoms with E-state index in [0.717, 1.165) is 17.0 Å². The van der Waals surface area contributed by atoms with Crippen molar-refractivity contribution in [3.8, 4) is 22.8 Å². The molecular formula is C18H13N5O3S. The summed E-state index contributed by atoms with van der Waals surface area (Å²) in [6.07, 6.45) is 3.23. The normalized spacial score (nSPS) is 12.9. The number of nitrogens with one attached hydrogen (secondary N) is 1. The van der Waals surface area contributed by atoms with E-state index >= 15 is 0 Å². The quantitative estimate of drug-likeness (QED) is 0.589. The second kappa shape index (κ2) is 6.36. The van der Waals surface area contributed by atoms with E-state index in [1.807, 2.05) is 23.6 Å². The number of nitrogens with zero attached hydrogens (tertiary/aromatic N) is 4. The number of pyridine rings is 1. The number of ether oxygens (including phenoxy) is 2. The van der Waals surface area contributed by atoms with Crippen LogP contribution in [0, 0.1) is 0 Å². The molecule has 1 aliphatic heterocycles. The van der Waals surface area contributed by atoms with Gasteiger partial charge in [0.1, 0.15) is 19.5 Å². The first-order valence-electron chi connectivity index (χ1n) is 8.22. The number of hydrogen-bond donors (Lipinski definition) is 1. The van der Waals surface area contributed by atoms with E-state index in [-0.39, 0.29) is 5.91 Å². The third-order valence-electron chi connectivity index (χ3n) is 4.12. The number of carbonyl (C=O) groups is 1. The standard InChI is InChI=1S/C18H13N5O3S/c24-17(12-2-4-16-22-19-10-23(16)8-12)21-18-20-13(9-27-18)11-1-3-14-15(7-11)26-6-5-25-14/h1-4,7-10H,5-6H2,(H,20,21,24). The number of rotatable bonds is 3. The van der Waals surface area contributed by atoms with Gasteiger partial charge >= 0.3 is 0 Å². The summed E-state index contributed by atoms with van der Waals surface area (Å²) in [6, 6.07) is 9.14. The van der Waals surface area contributed by atoms with Crippen molar-refractivity contribution in [2.75, 3.05) is 18.5 Å². The Morgan fingerprint density at radius 3 is 2.96 bits per heavy atom. The van der Waals surface area contributed by atoms with E-state index in [0.29, 0.717) is 35.3 Å². The van der Waals surface area contributed by atoms with Gasteiger partial charge in [0.15, 0.2) is 22.3 Å². The molecule has 0 saturated heterocycles. The smallest absolute Gasteiger partial charge is 0.258 e. The van der Waals surface area contributed by atoms with Crippen molar-refractivity contribution in [3.63, 3.8) is 0 Å². The van der Waals surface area contributed by atoms with Gasteiger partial charge < -0.3 is 9.47 Å². The van der Waals surface area contributed by atoms with Gasteiger partial charge in [0.2, 0.25) is 0 Å². The molecule has 0 radical (unpaired) electrons. The number of aromatic nitrogens is 4. The molecule has 134 valence electrons. The second-order valence-electron chi connectivity index (χ2n) is 5.86. The highest BCUT2D eigenvalue weighted by Crippen LogP contribution is 2.35. The predicted octanol–water partition coefficient (Wildman–Crippen LogP) is 2.88. The Bertz CT molecular complexity index is 1150. The largest absolute Gasteiger partial charge is 0.486 e. The Hall–Kier alpha value is -3.46. The Labute approximate surface area is 157 Å². The summed E-state index contributed by atoms with van der Waals surface area (Å²) in [5.74, 6) is 1.20. The molecule has 9 heteroatoms. The molecule has 0 fully saturated rings. The highest BCUT2D eigenvalue weighted by molar-refractivity contribution is 7.14. The molecule has 0 unspecified atom stereocenters. The molecule has 4 aromatic rings. The average molecular weight is 379 g/mol. The molecule has 0 saturated carbocycles. The van der Waals surface area contributed by atoms with Gasteiger partial charge in [0.05, 0.1) is 11.3 Å². The van der Waals surface area contributed by atoms with E-state index in [4.69, 9.17) is 9.47 Å². The number of amides is 1. The van der Waals surface area contributed by atoms with Crippen LogP contribution in [-0.2, 0) is 0 Å². The summed E-state index contributed by atoms with van der Waals surface area (Å²) in [5.41, 5.74) is 2.85. The van der Waals surface area contributed by atoms with Crippen LogP contribution in [0.2, 0.25) is 0 Å². The van der Waals surface area contributed by atoms with Gasteiger partial charge in [-0.2, -0.15) is 0 Å². The van der Waals surface area contributed by atoms with E-state index in [2.05, 4.69) is 20.5 Å². The van der Waals surface area contributed by atoms with Gasteiger partial charge in [-0.25, -0.2) is 4.98 Å². The molecule has 27 heavy (non-hydrogen) atoms. The van der Waals surface area contributed by atoms with Crippen LogP contribution in [0.3, 0.4) is 0 Å². The zero-order chi connectivity index (χ0) is 18.2. The van der Waals surface area contributed by atoms with Gasteiger partial charge in [0.25, 0.3) is 5.91 Å². The minimum Gasteiger partial charge on any atom is -0.486 e. The van der Waals surface area contributed by atoms with E-state index in [1.54, 1.807) is 29.1 Å². The highest BCUT2D eigenvalue weighted by atomic mass is 32.1. The van der Waals surface area contributed by atoms with Crippen LogP contribution >= 0.6 is 11.3 Å². The maximum absolute atomic E-state index is 12.5. The molecule has 0 spiro atoms. The van der Waals surface area contributed by atoms with E-state index in [9.17, 15) is 4.79 Å². The monoisotopic (exact) mass is 379 g/mol. The Morgan fingerprint density at radius 1 is 1.15 bits per heavy atom. The lowest BCUT2D eigenvalue weighted by Crippen LogP contribution is -2.15. The van der Waals surface area contributed by atoms with Gasteiger partial charge in [-0.1, -0.05) is 0 Å². The molecule has 1 N–H and O–H groups in total. The SMILES string of the molecule is O=C(Nc1nc(-c2ccc3c(c2)OCCO3)cs1)c1ccc2nncn2c1. The summed E-state index contributed by atoms with van der Waals surface area (Å²) in [6.45, 7) is 1.09. The maximum Gasteiger partial charge on any atom is 0.258 e. The lowest BCUT2D eigenvalue weighted by Gasteiger charge is -2.18. The number of benzene rings is 1. The van der Waals surface area contributed by atoms with Crippen molar-refractivity contribution >= 4 is 28.0 Å². The number of thiazole rings is 1. The molecule has 4 heterocycles. The minimum absolute atomic E-state index is 0.242. The maximum atomic E-state index is 12.5. The van der Waals surface area contributed by atoms with Crippen LogP contribution < -0.4 is 14.8 Å². The molecule has 0 aliphatic carbocycles. The highest BCUT2D eigenvalue weighted by Gasteiger charge is 2.15. The molecule has 1 amide bonds. The topological polar surface area (TPSA) is 90.6 Å². The fraction of sp³-hybridized carbons (Fsp3) is 0.111. The van der Waals surface area contributed by atoms with Crippen LogP contribution in [0.25, 0.3) is 16.9 Å². The lowest BCUT2D eigenvalue weighted by atomic mass is 10.1. The summed E-state index contributed by atoms with van der Waals surface area (Å²) >= 11 is 1.36. The number of anilines is 1. The molecular weight excluding hydrogens is 366 g/mol. The van der Waals surface area contributed by atoms with Crippen LogP contribution in [0.15, 0.2) is 48.2 Å². The molecule has 8 nitrogen and oxygen atoms in total. The van der Waals surface area contributed by atoms with Crippen LogP contribution in [0.1, 0.15) is 10.4 Å². The summed E-state index contributed by atoms with van der Waals surface area (Å²) in [4.78, 5) is 17.0. The number of carbonyl (C=O) groups excluding carboxylic acids is 1. The summed E-state index contributed by atoms with van der Waals surface area (Å²) in [5, 5.41) is 13.0. The first kappa shape index (κ1) is 15.8. The van der Waals surface area contributed by atoms with Crippen LogP contribution in [0.4, 0.5) is 5.13 Å². The number of hydrogen-bond acceptors (Lipinski definition) is 7. The Morgan fingerprint density at radius 2 is 2.04 bits per heavy atom. The zero-order valence-corrected chi connectivity index (χ0v) is 14.8. The first-order valence-corrected chi connectivity index (χ1v) is 9.10. The summed E-state index contributed by atoms with van der Waals surface area (Å²) < 4.78 is 12.8.